The summed E-state index contributed by atoms with van der Waals surface area (Å²) in [5.74, 6) is -9.69. The number of nitrogens with zero attached hydrogens (tertiary/aromatic N) is 9. The Balaban J connectivity index is 1.46. The summed E-state index contributed by atoms with van der Waals surface area (Å²) in [5.41, 5.74) is -1.62. The van der Waals surface area contributed by atoms with E-state index in [9.17, 15) is 46.7 Å². The van der Waals surface area contributed by atoms with E-state index >= 15 is 24.0 Å². The van der Waals surface area contributed by atoms with Crippen LogP contribution in [0.1, 0.15) is 184 Å². The second-order valence-electron chi connectivity index (χ2n) is 31.6. The molecule has 0 aromatic carbocycles. The summed E-state index contributed by atoms with van der Waals surface area (Å²) in [5, 5.41) is 11.0. The molecule has 4 N–H and O–H groups in total. The Kier molecular flexibility index (Phi) is 31.3. The van der Waals surface area contributed by atoms with Crippen LogP contribution in [0, 0.1) is 41.4 Å². The van der Waals surface area contributed by atoms with E-state index in [1.807, 2.05) is 27.7 Å². The van der Waals surface area contributed by atoms with E-state index < -0.39 is 173 Å². The highest BCUT2D eigenvalue weighted by Crippen LogP contribution is 2.44. The van der Waals surface area contributed by atoms with Crippen LogP contribution in [0.25, 0.3) is 0 Å². The van der Waals surface area contributed by atoms with Crippen LogP contribution in [-0.2, 0) is 57.5 Å². The first kappa shape index (κ1) is 86.0. The molecule has 3 heterocycles. The van der Waals surface area contributed by atoms with Crippen molar-refractivity contribution in [1.82, 2.24) is 65.4 Å². The van der Waals surface area contributed by atoms with Gasteiger partial charge in [0.25, 0.3) is 0 Å². The van der Waals surface area contributed by atoms with Crippen LogP contribution in [0.15, 0.2) is 0 Å². The van der Waals surface area contributed by atoms with Crippen molar-refractivity contribution in [1.29, 1.82) is 0 Å². The largest absolute Gasteiger partial charge is 0.393 e. The molecule has 12 amide bonds. The lowest BCUT2D eigenvalue weighted by atomic mass is 9.78. The molecule has 25 nitrogen and oxygen atoms in total. The Morgan fingerprint density at radius 3 is 1.82 bits per heavy atom. The molecule has 6 fully saturated rings. The SMILES string of the molecule is CC[C@H](C)[C@@H]1NC(=O)[C@H](CC(C)C)N(C)C(=O)C[C@@H](C(=O)N(C)C)N(C)C(=O)[C@H]([C@@H](C)CC)N(C)C(=O)C2(CCCC2)NC(=O)[C@H](CC2CSCN2)N(C)C(=O)[C@H](CCC2CCC(C(F)(F)F)C(Cl)C2)NC(=O)CN(C)C(=O)[C@H](CC2CCC(C)CC2)N(C)C(=O)[C@@H]2CCN2C(=O)[C@H](C)N(C)C1=O. The van der Waals surface area contributed by atoms with Crippen molar-refractivity contribution in [3.63, 3.8) is 0 Å². The molecule has 3 aliphatic carbocycles. The summed E-state index contributed by atoms with van der Waals surface area (Å²) in [6.07, 6.45) is 0.755. The molecular weight excluding hydrogens is 1380 g/mol. The number of thioether (sulfide) groups is 1. The van der Waals surface area contributed by atoms with Gasteiger partial charge in [-0.3, -0.25) is 57.5 Å². The molecule has 0 aromatic rings. The van der Waals surface area contributed by atoms with E-state index in [1.165, 1.54) is 110 Å². The maximum absolute atomic E-state index is 15.7. The van der Waals surface area contributed by atoms with Gasteiger partial charge in [-0.2, -0.15) is 13.2 Å². The molecule has 3 saturated heterocycles. The van der Waals surface area contributed by atoms with E-state index in [1.54, 1.807) is 25.6 Å². The van der Waals surface area contributed by atoms with Gasteiger partial charge in [-0.15, -0.1) is 23.4 Å². The van der Waals surface area contributed by atoms with Crippen LogP contribution < -0.4 is 21.3 Å². The first-order chi connectivity index (χ1) is 48.2. The van der Waals surface area contributed by atoms with E-state index in [2.05, 4.69) is 28.2 Å². The molecule has 584 valence electrons. The molecule has 3 saturated carbocycles. The second kappa shape index (κ2) is 37.5. The fraction of sp³-hybridized carbons (Fsp3) is 0.836. The highest BCUT2D eigenvalue weighted by atomic mass is 35.5. The zero-order valence-corrected chi connectivity index (χ0v) is 65.8. The van der Waals surface area contributed by atoms with Gasteiger partial charge in [-0.05, 0) is 113 Å². The summed E-state index contributed by atoms with van der Waals surface area (Å²) in [7, 11) is 13.0. The van der Waals surface area contributed by atoms with E-state index in [0.29, 0.717) is 43.2 Å². The molecular formula is C73H121ClF3N13O12S. The molecule has 6 rings (SSSR count). The van der Waals surface area contributed by atoms with Crippen molar-refractivity contribution in [2.24, 2.45) is 41.4 Å². The minimum atomic E-state index is -4.52. The predicted molar refractivity (Wildman–Crippen MR) is 388 cm³/mol. The molecule has 30 heteroatoms. The zero-order chi connectivity index (χ0) is 77.0. The van der Waals surface area contributed by atoms with E-state index in [-0.39, 0.29) is 101 Å². The van der Waals surface area contributed by atoms with Crippen molar-refractivity contribution >= 4 is 94.2 Å². The maximum atomic E-state index is 15.7. The fourth-order valence-corrected chi connectivity index (χ4v) is 17.4. The van der Waals surface area contributed by atoms with E-state index in [0.717, 1.165) is 30.6 Å². The van der Waals surface area contributed by atoms with Crippen LogP contribution in [0.3, 0.4) is 0 Å². The molecule has 0 aromatic heterocycles. The summed E-state index contributed by atoms with van der Waals surface area (Å²) in [6.45, 7) is 14.1. The van der Waals surface area contributed by atoms with Crippen LogP contribution in [0.2, 0.25) is 0 Å². The van der Waals surface area contributed by atoms with Crippen molar-refractivity contribution in [2.75, 3.05) is 88.1 Å². The van der Waals surface area contributed by atoms with Crippen molar-refractivity contribution in [3.05, 3.63) is 0 Å². The Bertz CT molecular complexity index is 3010. The predicted octanol–water partition coefficient (Wildman–Crippen LogP) is 5.69. The average molecular weight is 1500 g/mol. The van der Waals surface area contributed by atoms with Gasteiger partial charge in [-0.25, -0.2) is 0 Å². The van der Waals surface area contributed by atoms with Crippen LogP contribution in [0.4, 0.5) is 13.2 Å². The summed E-state index contributed by atoms with van der Waals surface area (Å²) < 4.78 is 42.3. The Labute approximate surface area is 618 Å². The van der Waals surface area contributed by atoms with Gasteiger partial charge in [-0.1, -0.05) is 99.8 Å². The third-order valence-corrected chi connectivity index (χ3v) is 25.1. The number of carbonyl (C=O) groups is 12. The quantitative estimate of drug-likeness (QED) is 0.152. The first-order valence-electron chi connectivity index (χ1n) is 37.5. The van der Waals surface area contributed by atoms with Crippen LogP contribution in [-0.4, -0.2) is 281 Å². The Morgan fingerprint density at radius 2 is 1.27 bits per heavy atom. The standard InChI is InChI=1S/C73H121ClF3N13O12S/c1-18-44(6)60-69(100)84(12)46(8)64(95)90-33-30-53(90)68(99)87(15)56(36-48-24-22-43(5)23-25-48)67(98)83(11)39-58(91)79-52(29-27-47-26-28-50(51(74)35-47)73(75,76)77)65(96)86(14)55(37-49-40-103-41-78-49)63(94)81-72(31-20-21-32-72)71(102)89(17)61(45(7)19-2)70(101)88(16)57(66(97)82(9)10)38-59(92)85(13)54(34-42(3)4)62(93)80-60/h42-57,60-61,78H,18-41H2,1-17H3,(H,79,91)(H,80,93)(H,81,94)/t43?,44-,45-,46-,47?,48?,49?,50?,51?,52-,53-,54-,55-,56-,57-,60-,61-/m0/s1. The minimum absolute atomic E-state index is 0.00818. The second-order valence-corrected chi connectivity index (χ2v) is 33.2. The highest BCUT2D eigenvalue weighted by Gasteiger charge is 2.52. The third-order valence-electron chi connectivity index (χ3n) is 23.6. The third kappa shape index (κ3) is 21.2. The molecule has 15 atom stereocenters. The number of nitrogens with one attached hydrogen (secondary N) is 4. The monoisotopic (exact) mass is 1500 g/mol. The molecule has 1 spiro atoms. The van der Waals surface area contributed by atoms with Crippen LogP contribution >= 0.6 is 23.4 Å². The number of hydrogen-bond donors (Lipinski definition) is 4. The molecule has 6 aliphatic rings. The molecule has 3 aliphatic heterocycles. The lowest BCUT2D eigenvalue weighted by Crippen LogP contribution is -2.65. The van der Waals surface area contributed by atoms with Crippen LogP contribution in [0.5, 0.6) is 0 Å². The smallest absolute Gasteiger partial charge is 0.347 e. The number of hydrogen-bond acceptors (Lipinski definition) is 14. The number of alkyl halides is 4. The lowest BCUT2D eigenvalue weighted by Gasteiger charge is -2.45. The molecule has 0 radical (unpaired) electrons. The van der Waals surface area contributed by atoms with Crippen molar-refractivity contribution < 1.29 is 70.7 Å². The Hall–Kier alpha value is -5.97. The molecule has 4 unspecified atom stereocenters. The number of halogens is 4. The number of carbonyl (C=O) groups excluding carboxylic acids is 12. The number of amides is 12. The van der Waals surface area contributed by atoms with Crippen molar-refractivity contribution in [2.45, 2.75) is 261 Å². The molecule has 0 bridgehead atoms. The summed E-state index contributed by atoms with van der Waals surface area (Å²) in [6, 6.07) is -11.5. The summed E-state index contributed by atoms with van der Waals surface area (Å²) in [4.78, 5) is 192. The average Bonchev–Trinajstić information content (AvgIpc) is 1.68. The van der Waals surface area contributed by atoms with E-state index in [4.69, 9.17) is 11.6 Å². The summed E-state index contributed by atoms with van der Waals surface area (Å²) >= 11 is 8.02. The van der Waals surface area contributed by atoms with Crippen molar-refractivity contribution in [3.8, 4) is 0 Å². The Morgan fingerprint density at radius 1 is 0.660 bits per heavy atom. The zero-order valence-electron chi connectivity index (χ0n) is 64.2. The lowest BCUT2D eigenvalue weighted by molar-refractivity contribution is -0.182. The van der Waals surface area contributed by atoms with Gasteiger partial charge in [0, 0.05) is 93.0 Å². The van der Waals surface area contributed by atoms with Gasteiger partial charge in [0.15, 0.2) is 0 Å². The number of fused-ring (bicyclic) bond motifs is 1. The maximum Gasteiger partial charge on any atom is 0.393 e. The number of likely N-dealkylation sites (N-methyl/N-ethyl adjacent to an activating group) is 8. The minimum Gasteiger partial charge on any atom is -0.347 e. The fourth-order valence-electron chi connectivity index (χ4n) is 15.9. The van der Waals surface area contributed by atoms with Gasteiger partial charge < -0.3 is 65.4 Å². The molecule has 103 heavy (non-hydrogen) atoms. The number of rotatable bonds is 14. The highest BCUT2D eigenvalue weighted by molar-refractivity contribution is 7.99. The topological polar surface area (TPSA) is 282 Å². The first-order valence-corrected chi connectivity index (χ1v) is 39.1. The normalized spacial score (nSPS) is 32.0. The van der Waals surface area contributed by atoms with Gasteiger partial charge in [0.1, 0.15) is 59.9 Å². The van der Waals surface area contributed by atoms with Gasteiger partial charge in [0.2, 0.25) is 70.9 Å². The van der Waals surface area contributed by atoms with Gasteiger partial charge in [0.05, 0.1) is 18.9 Å². The van der Waals surface area contributed by atoms with Gasteiger partial charge >= 0.3 is 6.18 Å².